The van der Waals surface area contributed by atoms with Gasteiger partial charge in [0.25, 0.3) is 0 Å². The molecule has 0 saturated heterocycles. The molecule has 0 saturated carbocycles. The Labute approximate surface area is 224 Å². The SMILES string of the molecule is C#CCOc1ccc(C2C3=C(CC(C)(C)CC3=O)N(CCC(=O)O)C3=C2C(=O)CC(C)(C)C3)cc1OCC. The second-order valence-corrected chi connectivity index (χ2v) is 12.0. The number of hydrogen-bond acceptors (Lipinski definition) is 6. The van der Waals surface area contributed by atoms with Gasteiger partial charge in [0.15, 0.2) is 23.1 Å². The maximum atomic E-state index is 13.8. The number of rotatable bonds is 8. The van der Waals surface area contributed by atoms with Crippen molar-refractivity contribution in [1.29, 1.82) is 0 Å². The van der Waals surface area contributed by atoms with Crippen LogP contribution in [0.25, 0.3) is 0 Å². The van der Waals surface area contributed by atoms with Crippen molar-refractivity contribution in [2.45, 2.75) is 72.6 Å². The zero-order valence-electron chi connectivity index (χ0n) is 23.0. The van der Waals surface area contributed by atoms with Crippen LogP contribution in [0.3, 0.4) is 0 Å². The smallest absolute Gasteiger partial charge is 0.305 e. The molecule has 0 unspecified atom stereocenters. The highest BCUT2D eigenvalue weighted by Gasteiger charge is 2.49. The summed E-state index contributed by atoms with van der Waals surface area (Å²) in [6.07, 6.45) is 7.26. The zero-order valence-corrected chi connectivity index (χ0v) is 23.0. The average molecular weight is 520 g/mol. The van der Waals surface area contributed by atoms with Gasteiger partial charge in [0.05, 0.1) is 13.0 Å². The van der Waals surface area contributed by atoms with Crippen molar-refractivity contribution < 1.29 is 29.0 Å². The lowest BCUT2D eigenvalue weighted by molar-refractivity contribution is -0.137. The maximum absolute atomic E-state index is 13.8. The van der Waals surface area contributed by atoms with E-state index in [1.165, 1.54) is 0 Å². The number of carbonyl (C=O) groups is 3. The van der Waals surface area contributed by atoms with E-state index in [4.69, 9.17) is 15.9 Å². The molecule has 2 aliphatic carbocycles. The lowest BCUT2D eigenvalue weighted by atomic mass is 9.63. The van der Waals surface area contributed by atoms with Gasteiger partial charge in [-0.1, -0.05) is 39.7 Å². The molecule has 1 aliphatic heterocycles. The first-order valence-corrected chi connectivity index (χ1v) is 13.2. The first-order chi connectivity index (χ1) is 17.9. The fourth-order valence-electron chi connectivity index (χ4n) is 6.07. The molecule has 0 amide bonds. The summed E-state index contributed by atoms with van der Waals surface area (Å²) in [7, 11) is 0. The van der Waals surface area contributed by atoms with Crippen LogP contribution in [-0.2, 0) is 14.4 Å². The van der Waals surface area contributed by atoms with E-state index in [9.17, 15) is 19.5 Å². The molecule has 7 heteroatoms. The van der Waals surface area contributed by atoms with Crippen molar-refractivity contribution in [3.05, 3.63) is 46.3 Å². The van der Waals surface area contributed by atoms with Gasteiger partial charge in [-0.15, -0.1) is 6.42 Å². The Morgan fingerprint density at radius 1 is 1.00 bits per heavy atom. The fourth-order valence-corrected chi connectivity index (χ4v) is 6.07. The number of carboxylic acid groups (broad SMARTS) is 1. The summed E-state index contributed by atoms with van der Waals surface area (Å²) in [5, 5.41) is 9.51. The summed E-state index contributed by atoms with van der Waals surface area (Å²) in [5.41, 5.74) is 3.10. The Balaban J connectivity index is 1.96. The number of allylic oxidation sites excluding steroid dienone is 4. The molecule has 4 rings (SSSR count). The number of terminal acetylenes is 1. The van der Waals surface area contributed by atoms with Gasteiger partial charge >= 0.3 is 5.97 Å². The quantitative estimate of drug-likeness (QED) is 0.469. The number of aliphatic carboxylic acids is 1. The minimum Gasteiger partial charge on any atom is -0.490 e. The van der Waals surface area contributed by atoms with Crippen molar-refractivity contribution in [2.24, 2.45) is 10.8 Å². The van der Waals surface area contributed by atoms with Crippen LogP contribution in [0.2, 0.25) is 0 Å². The highest BCUT2D eigenvalue weighted by molar-refractivity contribution is 6.06. The van der Waals surface area contributed by atoms with Crippen molar-refractivity contribution in [1.82, 2.24) is 4.90 Å². The Bertz CT molecular complexity index is 1220. The Morgan fingerprint density at radius 2 is 1.58 bits per heavy atom. The first kappa shape index (κ1) is 27.5. The topological polar surface area (TPSA) is 93.1 Å². The third-order valence-corrected chi connectivity index (χ3v) is 7.48. The molecular formula is C31H37NO6. The highest BCUT2D eigenvalue weighted by Crippen LogP contribution is 2.55. The van der Waals surface area contributed by atoms with E-state index in [0.717, 1.165) is 17.0 Å². The van der Waals surface area contributed by atoms with E-state index in [2.05, 4.69) is 33.6 Å². The van der Waals surface area contributed by atoms with Crippen LogP contribution in [0.5, 0.6) is 11.5 Å². The molecule has 1 heterocycles. The van der Waals surface area contributed by atoms with Gasteiger partial charge in [-0.2, -0.15) is 0 Å². The lowest BCUT2D eigenvalue weighted by Crippen LogP contribution is -2.45. The number of carboxylic acids is 1. The van der Waals surface area contributed by atoms with Crippen molar-refractivity contribution >= 4 is 17.5 Å². The number of carbonyl (C=O) groups excluding carboxylic acids is 2. The molecule has 1 N–H and O–H groups in total. The van der Waals surface area contributed by atoms with Crippen LogP contribution in [0.4, 0.5) is 0 Å². The van der Waals surface area contributed by atoms with E-state index in [1.54, 1.807) is 6.07 Å². The van der Waals surface area contributed by atoms with Gasteiger partial charge in [-0.3, -0.25) is 14.4 Å². The van der Waals surface area contributed by atoms with Crippen molar-refractivity contribution in [3.63, 3.8) is 0 Å². The summed E-state index contributed by atoms with van der Waals surface area (Å²) in [4.78, 5) is 41.2. The van der Waals surface area contributed by atoms with E-state index < -0.39 is 11.9 Å². The molecule has 3 aliphatic rings. The van der Waals surface area contributed by atoms with Crippen molar-refractivity contribution in [2.75, 3.05) is 19.8 Å². The number of hydrogen-bond donors (Lipinski definition) is 1. The van der Waals surface area contributed by atoms with Crippen LogP contribution in [0.1, 0.15) is 78.2 Å². The summed E-state index contributed by atoms with van der Waals surface area (Å²) in [6.45, 7) is 10.8. The molecule has 0 aromatic heterocycles. The summed E-state index contributed by atoms with van der Waals surface area (Å²) in [6, 6.07) is 5.51. The molecule has 0 radical (unpaired) electrons. The predicted octanol–water partition coefficient (Wildman–Crippen LogP) is 5.26. The van der Waals surface area contributed by atoms with E-state index in [0.29, 0.717) is 54.9 Å². The van der Waals surface area contributed by atoms with E-state index >= 15 is 0 Å². The van der Waals surface area contributed by atoms with E-state index in [-0.39, 0.29) is 42.0 Å². The fraction of sp³-hybridized carbons (Fsp3) is 0.516. The zero-order chi connectivity index (χ0) is 27.8. The average Bonchev–Trinajstić information content (AvgIpc) is 2.80. The Kier molecular flexibility index (Phi) is 7.47. The van der Waals surface area contributed by atoms with E-state index in [1.807, 2.05) is 24.0 Å². The molecule has 38 heavy (non-hydrogen) atoms. The van der Waals surface area contributed by atoms with Gasteiger partial charge in [0, 0.05) is 47.8 Å². The number of Topliss-reactive ketones (excluding diaryl/α,β-unsaturated/α-hetero) is 2. The van der Waals surface area contributed by atoms with Gasteiger partial charge in [0.1, 0.15) is 6.61 Å². The molecular weight excluding hydrogens is 482 g/mol. The summed E-state index contributed by atoms with van der Waals surface area (Å²) < 4.78 is 11.6. The molecule has 7 nitrogen and oxygen atoms in total. The van der Waals surface area contributed by atoms with Gasteiger partial charge in [-0.05, 0) is 48.3 Å². The third-order valence-electron chi connectivity index (χ3n) is 7.48. The van der Waals surface area contributed by atoms with Crippen LogP contribution in [0.15, 0.2) is 40.7 Å². The number of ketones is 2. The van der Waals surface area contributed by atoms with Gasteiger partial charge in [0.2, 0.25) is 0 Å². The molecule has 1 aromatic carbocycles. The van der Waals surface area contributed by atoms with Crippen LogP contribution in [0, 0.1) is 23.2 Å². The lowest BCUT2D eigenvalue weighted by Gasteiger charge is -2.49. The molecule has 0 spiro atoms. The van der Waals surface area contributed by atoms with Crippen molar-refractivity contribution in [3.8, 4) is 23.8 Å². The number of ether oxygens (including phenoxy) is 2. The Hall–Kier alpha value is -3.53. The second kappa shape index (κ2) is 10.3. The molecule has 0 fully saturated rings. The summed E-state index contributed by atoms with van der Waals surface area (Å²) in [5.74, 6) is 2.00. The molecule has 202 valence electrons. The first-order valence-electron chi connectivity index (χ1n) is 13.2. The minimum absolute atomic E-state index is 0.00335. The van der Waals surface area contributed by atoms with Crippen LogP contribution >= 0.6 is 0 Å². The number of benzene rings is 1. The molecule has 0 bridgehead atoms. The normalized spacial score (nSPS) is 20.6. The Morgan fingerprint density at radius 3 is 2.08 bits per heavy atom. The highest BCUT2D eigenvalue weighted by atomic mass is 16.5. The molecule has 1 aromatic rings. The standard InChI is InChI=1S/C31H37NO6/c1-7-13-38-24-10-9-19(14-25(24)37-8-2)27-28-20(15-30(3,4)17-22(28)33)32(12-11-26(35)36)21-16-31(5,6)18-23(34)29(21)27/h1,9-10,14,27H,8,11-13,15-18H2,2-6H3,(H,35,36). The maximum Gasteiger partial charge on any atom is 0.305 e. The monoisotopic (exact) mass is 519 g/mol. The van der Waals surface area contributed by atoms with Crippen LogP contribution < -0.4 is 9.47 Å². The largest absolute Gasteiger partial charge is 0.490 e. The number of nitrogens with zero attached hydrogens (tertiary/aromatic N) is 1. The van der Waals surface area contributed by atoms with Gasteiger partial charge in [-0.25, -0.2) is 0 Å². The third kappa shape index (κ3) is 5.36. The summed E-state index contributed by atoms with van der Waals surface area (Å²) >= 11 is 0. The predicted molar refractivity (Wildman–Crippen MR) is 144 cm³/mol. The van der Waals surface area contributed by atoms with Crippen LogP contribution in [-0.4, -0.2) is 47.3 Å². The second-order valence-electron chi connectivity index (χ2n) is 12.0. The van der Waals surface area contributed by atoms with Gasteiger partial charge < -0.3 is 19.5 Å². The minimum atomic E-state index is -0.914. The molecule has 0 atom stereocenters.